The van der Waals surface area contributed by atoms with E-state index in [0.717, 1.165) is 11.1 Å². The fraction of sp³-hybridized carbons (Fsp3) is 0.333. The van der Waals surface area contributed by atoms with E-state index < -0.39 is 38.1 Å². The summed E-state index contributed by atoms with van der Waals surface area (Å²) in [6.07, 6.45) is -0.593. The molecule has 0 aliphatic carbocycles. The topological polar surface area (TPSA) is 9.23 Å². The Morgan fingerprint density at radius 3 is 1.85 bits per heavy atom. The minimum Gasteiger partial charge on any atom is -0.363 e. The molecule has 0 aliphatic heterocycles. The molecule has 2 rings (SSSR count). The predicted molar refractivity (Wildman–Crippen MR) is 83.6 cm³/mol. The van der Waals surface area contributed by atoms with Gasteiger partial charge in [0, 0.05) is 0 Å². The summed E-state index contributed by atoms with van der Waals surface area (Å²) in [6, 6.07) is 18.3. The molecular weight excluding hydrogens is 246 g/mol. The standard InChI is InChI=1S/C18H24NO/c1-19(2,3)14-15-20-18(16-10-6-4-7-11-16)17-12-8-5-9-13-17/h4-13,18H,14-15H2,1-3H3/q+1/i1D3,2D3,3D3. The second-order valence-corrected chi connectivity index (χ2v) is 4.61. The highest BCUT2D eigenvalue weighted by Crippen LogP contribution is 2.25. The lowest BCUT2D eigenvalue weighted by molar-refractivity contribution is -0.870. The normalized spacial score (nSPS) is 20.4. The molecule has 0 bridgehead atoms. The van der Waals surface area contributed by atoms with Crippen LogP contribution in [0.4, 0.5) is 0 Å². The molecule has 2 nitrogen and oxygen atoms in total. The van der Waals surface area contributed by atoms with Crippen molar-refractivity contribution < 1.29 is 21.6 Å². The van der Waals surface area contributed by atoms with Gasteiger partial charge in [-0.25, -0.2) is 0 Å². The van der Waals surface area contributed by atoms with E-state index >= 15 is 0 Å². The van der Waals surface area contributed by atoms with Crippen LogP contribution in [-0.4, -0.2) is 38.6 Å². The molecule has 2 aromatic rings. The SMILES string of the molecule is [2H]C([2H])([2H])[N+](CCOC(c1ccccc1)c1ccccc1)(C([2H])([2H])[2H])C([2H])([2H])[2H]. The van der Waals surface area contributed by atoms with Gasteiger partial charge in [-0.05, 0) is 11.1 Å². The van der Waals surface area contributed by atoms with Crippen molar-refractivity contribution in [1.82, 2.24) is 0 Å². The van der Waals surface area contributed by atoms with Crippen molar-refractivity contribution in [3.8, 4) is 0 Å². The fourth-order valence-electron chi connectivity index (χ4n) is 1.95. The number of likely N-dealkylation sites (N-methyl/N-ethyl adjacent to an activating group) is 1. The highest BCUT2D eigenvalue weighted by Gasteiger charge is 2.16. The molecule has 20 heavy (non-hydrogen) atoms. The number of hydrogen-bond donors (Lipinski definition) is 0. The second kappa shape index (κ2) is 6.69. The molecule has 0 heterocycles. The van der Waals surface area contributed by atoms with E-state index in [4.69, 9.17) is 17.1 Å². The zero-order valence-corrected chi connectivity index (χ0v) is 11.1. The van der Waals surface area contributed by atoms with Crippen LogP contribution < -0.4 is 0 Å². The van der Waals surface area contributed by atoms with Gasteiger partial charge in [-0.1, -0.05) is 60.7 Å². The summed E-state index contributed by atoms with van der Waals surface area (Å²) in [4.78, 5) is 0. The van der Waals surface area contributed by atoms with Crippen molar-refractivity contribution in [2.45, 2.75) is 6.10 Å². The summed E-state index contributed by atoms with van der Waals surface area (Å²) < 4.78 is 73.1. The summed E-state index contributed by atoms with van der Waals surface area (Å²) in [5.41, 5.74) is 1.57. The average Bonchev–Trinajstić information content (AvgIpc) is 2.60. The zero-order valence-electron chi connectivity index (χ0n) is 20.1. The van der Waals surface area contributed by atoms with Gasteiger partial charge in [-0.15, -0.1) is 0 Å². The molecule has 0 saturated carbocycles. The van der Waals surface area contributed by atoms with Crippen molar-refractivity contribution in [2.24, 2.45) is 0 Å². The first-order chi connectivity index (χ1) is 13.3. The monoisotopic (exact) mass is 279 g/mol. The molecule has 0 unspecified atom stereocenters. The molecule has 2 heteroatoms. The van der Waals surface area contributed by atoms with Crippen molar-refractivity contribution >= 4 is 0 Å². The number of quaternary nitrogens is 1. The van der Waals surface area contributed by atoms with Crippen LogP contribution in [0.5, 0.6) is 0 Å². The first-order valence-corrected chi connectivity index (χ1v) is 6.41. The summed E-state index contributed by atoms with van der Waals surface area (Å²) >= 11 is 0. The van der Waals surface area contributed by atoms with Gasteiger partial charge in [0.1, 0.15) is 12.6 Å². The number of rotatable bonds is 6. The van der Waals surface area contributed by atoms with Crippen LogP contribution in [0.2, 0.25) is 0 Å². The predicted octanol–water partition coefficient (Wildman–Crippen LogP) is 3.50. The molecule has 0 aliphatic rings. The highest BCUT2D eigenvalue weighted by molar-refractivity contribution is 5.29. The molecule has 106 valence electrons. The third-order valence-corrected chi connectivity index (χ3v) is 2.92. The number of benzene rings is 2. The van der Waals surface area contributed by atoms with Crippen molar-refractivity contribution in [3.05, 3.63) is 71.8 Å². The Bertz CT molecular complexity index is 694. The van der Waals surface area contributed by atoms with Crippen molar-refractivity contribution in [1.29, 1.82) is 0 Å². The van der Waals surface area contributed by atoms with Crippen LogP contribution in [0.15, 0.2) is 60.7 Å². The van der Waals surface area contributed by atoms with Gasteiger partial charge in [-0.3, -0.25) is 0 Å². The van der Waals surface area contributed by atoms with E-state index in [0.29, 0.717) is 0 Å². The highest BCUT2D eigenvalue weighted by atomic mass is 16.5. The van der Waals surface area contributed by atoms with Gasteiger partial charge in [0.15, 0.2) is 0 Å². The van der Waals surface area contributed by atoms with Crippen LogP contribution in [-0.2, 0) is 4.74 Å². The summed E-state index contributed by atoms with van der Waals surface area (Å²) in [5.74, 6) is 0. The molecule has 0 amide bonds. The van der Waals surface area contributed by atoms with E-state index in [-0.39, 0.29) is 6.61 Å². The molecular formula is C18H24NO+. The van der Waals surface area contributed by atoms with Gasteiger partial charge in [0.05, 0.1) is 39.9 Å². The molecule has 0 saturated heterocycles. The van der Waals surface area contributed by atoms with Crippen LogP contribution >= 0.6 is 0 Å². The molecule has 0 N–H and O–H groups in total. The largest absolute Gasteiger partial charge is 0.363 e. The van der Waals surface area contributed by atoms with Gasteiger partial charge in [0.25, 0.3) is 0 Å². The minimum absolute atomic E-state index is 0.371. The quantitative estimate of drug-likeness (QED) is 0.735. The number of nitrogens with zero attached hydrogens (tertiary/aromatic N) is 1. The Kier molecular flexibility index (Phi) is 2.30. The van der Waals surface area contributed by atoms with Gasteiger partial charge in [-0.2, -0.15) is 0 Å². The maximum atomic E-state index is 7.69. The van der Waals surface area contributed by atoms with Crippen LogP contribution in [0.3, 0.4) is 0 Å². The van der Waals surface area contributed by atoms with E-state index in [1.54, 1.807) is 0 Å². The lowest BCUT2D eigenvalue weighted by Crippen LogP contribution is -2.37. The molecule has 0 radical (unpaired) electrons. The Labute approximate surface area is 134 Å². The maximum absolute atomic E-state index is 7.69. The zero-order chi connectivity index (χ0) is 21.9. The molecule has 0 fully saturated rings. The van der Waals surface area contributed by atoms with E-state index in [9.17, 15) is 0 Å². The van der Waals surface area contributed by atoms with Gasteiger partial charge < -0.3 is 9.22 Å². The Morgan fingerprint density at radius 2 is 1.40 bits per heavy atom. The summed E-state index contributed by atoms with van der Waals surface area (Å²) in [5, 5.41) is 0. The van der Waals surface area contributed by atoms with E-state index in [1.165, 1.54) is 0 Å². The van der Waals surface area contributed by atoms with Gasteiger partial charge >= 0.3 is 0 Å². The third kappa shape index (κ3) is 4.48. The van der Waals surface area contributed by atoms with E-state index in [2.05, 4.69) is 0 Å². The Balaban J connectivity index is 2.35. The third-order valence-electron chi connectivity index (χ3n) is 2.92. The maximum Gasteiger partial charge on any atom is 0.108 e. The Hall–Kier alpha value is -1.64. The van der Waals surface area contributed by atoms with Crippen LogP contribution in [0.25, 0.3) is 0 Å². The first-order valence-electron chi connectivity index (χ1n) is 10.9. The van der Waals surface area contributed by atoms with E-state index in [1.807, 2.05) is 60.7 Å². The number of hydrogen-bond acceptors (Lipinski definition) is 1. The number of ether oxygens (including phenoxy) is 1. The first kappa shape index (κ1) is 6.88. The summed E-state index contributed by atoms with van der Waals surface area (Å²) in [7, 11) is 0. The average molecular weight is 279 g/mol. The molecule has 2 aromatic carbocycles. The second-order valence-electron chi connectivity index (χ2n) is 4.61. The summed E-state index contributed by atoms with van der Waals surface area (Å²) in [6.45, 7) is -10.9. The smallest absolute Gasteiger partial charge is 0.108 e. The minimum atomic E-state index is -3.28. The lowest BCUT2D eigenvalue weighted by atomic mass is 10.0. The Morgan fingerprint density at radius 1 is 0.900 bits per heavy atom. The van der Waals surface area contributed by atoms with Crippen molar-refractivity contribution in [2.75, 3.05) is 34.1 Å². The lowest BCUT2D eigenvalue weighted by Gasteiger charge is -2.26. The van der Waals surface area contributed by atoms with Gasteiger partial charge in [0.2, 0.25) is 0 Å². The van der Waals surface area contributed by atoms with Crippen LogP contribution in [0.1, 0.15) is 29.6 Å². The molecule has 0 atom stereocenters. The van der Waals surface area contributed by atoms with Crippen LogP contribution in [0, 0.1) is 0 Å². The molecule has 0 aromatic heterocycles. The fourth-order valence-corrected chi connectivity index (χ4v) is 1.95. The molecule has 0 spiro atoms. The van der Waals surface area contributed by atoms with Crippen molar-refractivity contribution in [3.63, 3.8) is 0 Å².